The highest BCUT2D eigenvalue weighted by Gasteiger charge is 2.35. The summed E-state index contributed by atoms with van der Waals surface area (Å²) >= 11 is 0. The Morgan fingerprint density at radius 2 is 2.12 bits per heavy atom. The Hall–Kier alpha value is -3.01. The number of carbonyl (C=O) groups is 2. The Morgan fingerprint density at radius 1 is 1.40 bits per heavy atom. The molecule has 1 saturated carbocycles. The fourth-order valence-electron chi connectivity index (χ4n) is 2.69. The number of hydrogen-bond donors (Lipinski definition) is 2. The van der Waals surface area contributed by atoms with Crippen molar-refractivity contribution in [3.8, 4) is 17.6 Å². The zero-order chi connectivity index (χ0) is 18.3. The van der Waals surface area contributed by atoms with E-state index >= 15 is 0 Å². The van der Waals surface area contributed by atoms with Crippen LogP contribution in [0.3, 0.4) is 0 Å². The molecule has 7 nitrogen and oxygen atoms in total. The lowest BCUT2D eigenvalue weighted by Crippen LogP contribution is -2.46. The maximum Gasteiger partial charge on any atom is 0.331 e. The summed E-state index contributed by atoms with van der Waals surface area (Å²) < 4.78 is 9.85. The molecular weight excluding hydrogens is 324 g/mol. The molecule has 0 heterocycles. The molecule has 0 saturated heterocycles. The Kier molecular flexibility index (Phi) is 6.01. The zero-order valence-electron chi connectivity index (χ0n) is 13.9. The number of benzene rings is 1. The molecule has 1 fully saturated rings. The molecule has 0 atom stereocenters. The molecule has 1 aliphatic rings. The number of rotatable bonds is 6. The van der Waals surface area contributed by atoms with E-state index in [1.807, 2.05) is 0 Å². The molecule has 2 rings (SSSR count). The first kappa shape index (κ1) is 18.3. The molecule has 7 heteroatoms. The second kappa shape index (κ2) is 8.20. The maximum absolute atomic E-state index is 11.9. The predicted octanol–water partition coefficient (Wildman–Crippen LogP) is 1.91. The topological polar surface area (TPSA) is 109 Å². The zero-order valence-corrected chi connectivity index (χ0v) is 13.9. The van der Waals surface area contributed by atoms with Crippen LogP contribution in [0.1, 0.15) is 31.2 Å². The van der Waals surface area contributed by atoms with Crippen molar-refractivity contribution in [3.63, 3.8) is 0 Å². The van der Waals surface area contributed by atoms with Gasteiger partial charge < -0.3 is 19.9 Å². The van der Waals surface area contributed by atoms with Gasteiger partial charge in [-0.3, -0.25) is 4.79 Å². The summed E-state index contributed by atoms with van der Waals surface area (Å²) in [6, 6.07) is 6.74. The molecule has 0 aliphatic heterocycles. The highest BCUT2D eigenvalue weighted by molar-refractivity contribution is 5.89. The van der Waals surface area contributed by atoms with Crippen molar-refractivity contribution in [2.45, 2.75) is 31.2 Å². The highest BCUT2D eigenvalue weighted by Crippen LogP contribution is 2.29. The minimum absolute atomic E-state index is 0.00256. The van der Waals surface area contributed by atoms with Gasteiger partial charge in [0, 0.05) is 6.08 Å². The van der Waals surface area contributed by atoms with Crippen LogP contribution in [0.4, 0.5) is 0 Å². The highest BCUT2D eigenvalue weighted by atomic mass is 16.5. The van der Waals surface area contributed by atoms with Gasteiger partial charge in [0.25, 0.3) is 5.91 Å². The molecule has 0 radical (unpaired) electrons. The average molecular weight is 344 g/mol. The summed E-state index contributed by atoms with van der Waals surface area (Å²) in [6.45, 7) is -0.439. The molecule has 1 aromatic carbocycles. The van der Waals surface area contributed by atoms with Crippen molar-refractivity contribution in [2.75, 3.05) is 13.7 Å². The van der Waals surface area contributed by atoms with Crippen LogP contribution in [0.15, 0.2) is 24.3 Å². The van der Waals surface area contributed by atoms with E-state index in [0.717, 1.165) is 12.8 Å². The Bertz CT molecular complexity index is 715. The first-order valence-electron chi connectivity index (χ1n) is 7.92. The SMILES string of the molecule is COc1cc(/C=C/C(=O)OCC(=O)NC2(C#N)CCCC2)ccc1O. The van der Waals surface area contributed by atoms with Crippen LogP contribution in [0, 0.1) is 11.3 Å². The van der Waals surface area contributed by atoms with Gasteiger partial charge in [0.05, 0.1) is 13.2 Å². The minimum Gasteiger partial charge on any atom is -0.504 e. The molecule has 1 amide bonds. The molecule has 1 aromatic rings. The van der Waals surface area contributed by atoms with Crippen molar-refractivity contribution in [1.29, 1.82) is 5.26 Å². The lowest BCUT2D eigenvalue weighted by atomic mass is 10.00. The Labute approximate surface area is 145 Å². The molecule has 0 spiro atoms. The first-order chi connectivity index (χ1) is 12.0. The third-order valence-corrected chi connectivity index (χ3v) is 4.01. The van der Waals surface area contributed by atoms with E-state index in [1.165, 1.54) is 25.3 Å². The van der Waals surface area contributed by atoms with Crippen LogP contribution in [-0.2, 0) is 14.3 Å². The van der Waals surface area contributed by atoms with Gasteiger partial charge in [0.2, 0.25) is 0 Å². The predicted molar refractivity (Wildman–Crippen MR) is 89.6 cm³/mol. The third kappa shape index (κ3) is 4.98. The second-order valence-electron chi connectivity index (χ2n) is 5.82. The Morgan fingerprint density at radius 3 is 2.76 bits per heavy atom. The molecule has 0 aromatic heterocycles. The summed E-state index contributed by atoms with van der Waals surface area (Å²) in [5.41, 5.74) is -0.201. The molecule has 0 bridgehead atoms. The Balaban J connectivity index is 1.84. The smallest absolute Gasteiger partial charge is 0.331 e. The van der Waals surface area contributed by atoms with Crippen molar-refractivity contribution >= 4 is 18.0 Å². The van der Waals surface area contributed by atoms with Gasteiger partial charge in [-0.15, -0.1) is 0 Å². The van der Waals surface area contributed by atoms with Gasteiger partial charge in [0.1, 0.15) is 5.54 Å². The van der Waals surface area contributed by atoms with E-state index in [4.69, 9.17) is 9.47 Å². The maximum atomic E-state index is 11.9. The lowest BCUT2D eigenvalue weighted by Gasteiger charge is -2.21. The summed E-state index contributed by atoms with van der Waals surface area (Å²) in [4.78, 5) is 23.5. The molecule has 132 valence electrons. The molecule has 1 aliphatic carbocycles. The van der Waals surface area contributed by atoms with Crippen LogP contribution in [0.25, 0.3) is 6.08 Å². The molecule has 2 N–H and O–H groups in total. The summed E-state index contributed by atoms with van der Waals surface area (Å²) in [5, 5.41) is 21.4. The summed E-state index contributed by atoms with van der Waals surface area (Å²) in [6.07, 6.45) is 5.68. The largest absolute Gasteiger partial charge is 0.504 e. The molecular formula is C18H20N2O5. The van der Waals surface area contributed by atoms with E-state index in [1.54, 1.807) is 12.1 Å². The number of methoxy groups -OCH3 is 1. The van der Waals surface area contributed by atoms with E-state index < -0.39 is 24.0 Å². The number of aromatic hydroxyl groups is 1. The van der Waals surface area contributed by atoms with Gasteiger partial charge >= 0.3 is 5.97 Å². The number of amides is 1. The fraction of sp³-hybridized carbons (Fsp3) is 0.389. The number of nitrogens with one attached hydrogen (secondary N) is 1. The standard InChI is InChI=1S/C18H20N2O5/c1-24-15-10-13(4-6-14(15)21)5-7-17(23)25-11-16(22)20-18(12-19)8-2-3-9-18/h4-7,10,21H,2-3,8-9,11H2,1H3,(H,20,22)/b7-5+. The fourth-order valence-corrected chi connectivity index (χ4v) is 2.69. The van der Waals surface area contributed by atoms with Crippen LogP contribution >= 0.6 is 0 Å². The van der Waals surface area contributed by atoms with Gasteiger partial charge in [0.15, 0.2) is 18.1 Å². The number of nitriles is 1. The van der Waals surface area contributed by atoms with Gasteiger partial charge in [-0.1, -0.05) is 6.07 Å². The van der Waals surface area contributed by atoms with Gasteiger partial charge in [-0.25, -0.2) is 4.79 Å². The number of nitrogens with zero attached hydrogens (tertiary/aromatic N) is 1. The van der Waals surface area contributed by atoms with Crippen LogP contribution in [0.2, 0.25) is 0 Å². The molecule has 0 unspecified atom stereocenters. The van der Waals surface area contributed by atoms with E-state index in [0.29, 0.717) is 18.4 Å². The van der Waals surface area contributed by atoms with Crippen LogP contribution < -0.4 is 10.1 Å². The first-order valence-corrected chi connectivity index (χ1v) is 7.92. The number of hydrogen-bond acceptors (Lipinski definition) is 6. The average Bonchev–Trinajstić information content (AvgIpc) is 3.08. The van der Waals surface area contributed by atoms with E-state index in [9.17, 15) is 20.0 Å². The lowest BCUT2D eigenvalue weighted by molar-refractivity contribution is -0.144. The quantitative estimate of drug-likeness (QED) is 0.603. The summed E-state index contributed by atoms with van der Waals surface area (Å²) in [7, 11) is 1.42. The minimum atomic E-state index is -0.831. The monoisotopic (exact) mass is 344 g/mol. The van der Waals surface area contributed by atoms with Crippen molar-refractivity contribution in [1.82, 2.24) is 5.32 Å². The van der Waals surface area contributed by atoms with Crippen LogP contribution in [0.5, 0.6) is 11.5 Å². The second-order valence-corrected chi connectivity index (χ2v) is 5.82. The number of phenols is 1. The van der Waals surface area contributed by atoms with Crippen LogP contribution in [-0.4, -0.2) is 36.2 Å². The molecule has 25 heavy (non-hydrogen) atoms. The summed E-state index contributed by atoms with van der Waals surface area (Å²) in [5.74, 6) is -0.887. The van der Waals surface area contributed by atoms with E-state index in [2.05, 4.69) is 11.4 Å². The number of carbonyl (C=O) groups excluding carboxylic acids is 2. The van der Waals surface area contributed by atoms with Crippen molar-refractivity contribution in [2.24, 2.45) is 0 Å². The van der Waals surface area contributed by atoms with Crippen molar-refractivity contribution in [3.05, 3.63) is 29.8 Å². The third-order valence-electron chi connectivity index (χ3n) is 4.01. The number of esters is 1. The van der Waals surface area contributed by atoms with Crippen molar-refractivity contribution < 1.29 is 24.2 Å². The van der Waals surface area contributed by atoms with E-state index in [-0.39, 0.29) is 11.5 Å². The number of ether oxygens (including phenoxy) is 2. The van der Waals surface area contributed by atoms with Gasteiger partial charge in [-0.2, -0.15) is 5.26 Å². The normalized spacial score (nSPS) is 15.5. The van der Waals surface area contributed by atoms with Gasteiger partial charge in [-0.05, 0) is 49.5 Å². The number of phenolic OH excluding ortho intramolecular Hbond substituents is 1.